The van der Waals surface area contributed by atoms with Crippen LogP contribution in [0.2, 0.25) is 0 Å². The summed E-state index contributed by atoms with van der Waals surface area (Å²) in [5, 5.41) is 2.94. The first-order chi connectivity index (χ1) is 17.8. The number of carbonyl (C=O) groups is 2. The first-order valence-corrected chi connectivity index (χ1v) is 12.6. The maximum absolute atomic E-state index is 13.6. The summed E-state index contributed by atoms with van der Waals surface area (Å²) in [6.45, 7) is 0.998. The Morgan fingerprint density at radius 3 is 2.32 bits per heavy atom. The summed E-state index contributed by atoms with van der Waals surface area (Å²) in [6.07, 6.45) is 4.58. The molecule has 2 rings (SSSR count). The minimum absolute atomic E-state index is 0.0121. The Morgan fingerprint density at radius 1 is 0.892 bits per heavy atom. The Bertz CT molecular complexity index is 973. The van der Waals surface area contributed by atoms with Crippen molar-refractivity contribution in [2.45, 2.75) is 64.2 Å². The van der Waals surface area contributed by atoms with E-state index < -0.39 is 17.5 Å². The molecule has 2 aromatic carbocycles. The van der Waals surface area contributed by atoms with Crippen molar-refractivity contribution in [3.8, 4) is 0 Å². The number of esters is 1. The standard InChI is InChI=1S/C28H37F3N2O4/c1-33(2)18-23(17-26(35)37-19-21-11-7-6-8-12-21)32-25(34)13-9-4-3-5-10-16-36-20-22-14-15-24(29)28(31)27(22)30/h6-8,11-12,14-15,23H,3-5,9-10,13,16-20H2,1-2H3,(H,32,34)/t23-/m1/s1. The number of hydrogen-bond donors (Lipinski definition) is 1. The van der Waals surface area contributed by atoms with Crippen molar-refractivity contribution >= 4 is 11.9 Å². The van der Waals surface area contributed by atoms with E-state index in [0.29, 0.717) is 19.6 Å². The molecule has 0 aliphatic heterocycles. The van der Waals surface area contributed by atoms with Crippen LogP contribution in [-0.4, -0.2) is 50.1 Å². The molecule has 0 aromatic heterocycles. The zero-order valence-corrected chi connectivity index (χ0v) is 21.6. The smallest absolute Gasteiger partial charge is 0.308 e. The predicted octanol–water partition coefficient (Wildman–Crippen LogP) is 5.14. The monoisotopic (exact) mass is 522 g/mol. The number of amides is 1. The van der Waals surface area contributed by atoms with Gasteiger partial charge in [-0.25, -0.2) is 13.2 Å². The molecule has 0 fully saturated rings. The largest absolute Gasteiger partial charge is 0.461 e. The molecule has 9 heteroatoms. The topological polar surface area (TPSA) is 67.9 Å². The lowest BCUT2D eigenvalue weighted by molar-refractivity contribution is -0.145. The minimum atomic E-state index is -1.49. The van der Waals surface area contributed by atoms with Gasteiger partial charge in [0.2, 0.25) is 5.91 Å². The highest BCUT2D eigenvalue weighted by atomic mass is 19.2. The summed E-state index contributed by atoms with van der Waals surface area (Å²) >= 11 is 0. The molecule has 6 nitrogen and oxygen atoms in total. The number of benzene rings is 2. The molecule has 1 amide bonds. The fourth-order valence-electron chi connectivity index (χ4n) is 3.78. The maximum Gasteiger partial charge on any atom is 0.308 e. The third kappa shape index (κ3) is 12.3. The molecule has 37 heavy (non-hydrogen) atoms. The van der Waals surface area contributed by atoms with E-state index in [0.717, 1.165) is 43.7 Å². The highest BCUT2D eigenvalue weighted by Crippen LogP contribution is 2.16. The average molecular weight is 523 g/mol. The molecule has 0 bridgehead atoms. The van der Waals surface area contributed by atoms with Crippen LogP contribution in [0.3, 0.4) is 0 Å². The summed E-state index contributed by atoms with van der Waals surface area (Å²) in [5.74, 6) is -4.37. The van der Waals surface area contributed by atoms with Crippen molar-refractivity contribution in [3.05, 3.63) is 71.0 Å². The third-order valence-electron chi connectivity index (χ3n) is 5.67. The van der Waals surface area contributed by atoms with Gasteiger partial charge in [-0.1, -0.05) is 55.7 Å². The minimum Gasteiger partial charge on any atom is -0.461 e. The number of nitrogens with one attached hydrogen (secondary N) is 1. The van der Waals surface area contributed by atoms with Crippen LogP contribution in [-0.2, 0) is 32.3 Å². The number of halogens is 3. The van der Waals surface area contributed by atoms with Gasteiger partial charge < -0.3 is 19.7 Å². The van der Waals surface area contributed by atoms with E-state index in [1.54, 1.807) is 0 Å². The van der Waals surface area contributed by atoms with Crippen LogP contribution in [0.4, 0.5) is 13.2 Å². The van der Waals surface area contributed by atoms with Crippen LogP contribution in [0.25, 0.3) is 0 Å². The fraction of sp³-hybridized carbons (Fsp3) is 0.500. The Hall–Kier alpha value is -2.91. The summed E-state index contributed by atoms with van der Waals surface area (Å²) in [6, 6.07) is 11.2. The summed E-state index contributed by atoms with van der Waals surface area (Å²) in [4.78, 5) is 26.6. The zero-order valence-electron chi connectivity index (χ0n) is 21.6. The van der Waals surface area contributed by atoms with Crippen LogP contribution >= 0.6 is 0 Å². The molecule has 0 saturated carbocycles. The maximum atomic E-state index is 13.6. The SMILES string of the molecule is CN(C)C[C@@H](CC(=O)OCc1ccccc1)NC(=O)CCCCCCCOCc1ccc(F)c(F)c1F. The first-order valence-electron chi connectivity index (χ1n) is 12.6. The van der Waals surface area contributed by atoms with Crippen molar-refractivity contribution < 1.29 is 32.2 Å². The van der Waals surface area contributed by atoms with Crippen LogP contribution in [0.5, 0.6) is 0 Å². The number of nitrogens with zero attached hydrogens (tertiary/aromatic N) is 1. The lowest BCUT2D eigenvalue weighted by Gasteiger charge is -2.22. The number of carbonyl (C=O) groups excluding carboxylic acids is 2. The molecule has 0 aliphatic rings. The van der Waals surface area contributed by atoms with Crippen LogP contribution in [0, 0.1) is 17.5 Å². The number of rotatable bonds is 17. The highest BCUT2D eigenvalue weighted by molar-refractivity contribution is 5.77. The second kappa shape index (κ2) is 16.8. The highest BCUT2D eigenvalue weighted by Gasteiger charge is 2.18. The second-order valence-corrected chi connectivity index (χ2v) is 9.28. The van der Waals surface area contributed by atoms with Gasteiger partial charge in [0.25, 0.3) is 0 Å². The number of likely N-dealkylation sites (N-methyl/N-ethyl adjacent to an activating group) is 1. The van der Waals surface area contributed by atoms with Crippen molar-refractivity contribution in [1.82, 2.24) is 10.2 Å². The van der Waals surface area contributed by atoms with Crippen molar-refractivity contribution in [2.24, 2.45) is 0 Å². The molecule has 1 atom stereocenters. The number of hydrogen-bond acceptors (Lipinski definition) is 5. The molecule has 1 N–H and O–H groups in total. The van der Waals surface area contributed by atoms with E-state index in [2.05, 4.69) is 5.32 Å². The molecular weight excluding hydrogens is 485 g/mol. The lowest BCUT2D eigenvalue weighted by Crippen LogP contribution is -2.43. The molecule has 204 valence electrons. The van der Waals surface area contributed by atoms with Gasteiger partial charge in [-0.2, -0.15) is 0 Å². The fourth-order valence-corrected chi connectivity index (χ4v) is 3.78. The van der Waals surface area contributed by atoms with Gasteiger partial charge in [0.15, 0.2) is 17.5 Å². The second-order valence-electron chi connectivity index (χ2n) is 9.28. The Morgan fingerprint density at radius 2 is 1.59 bits per heavy atom. The molecular formula is C28H37F3N2O4. The van der Waals surface area contributed by atoms with E-state index in [4.69, 9.17) is 9.47 Å². The van der Waals surface area contributed by atoms with Crippen molar-refractivity contribution in [1.29, 1.82) is 0 Å². The molecule has 0 saturated heterocycles. The van der Waals surface area contributed by atoms with Crippen molar-refractivity contribution in [3.63, 3.8) is 0 Å². The summed E-state index contributed by atoms with van der Waals surface area (Å²) < 4.78 is 50.4. The first kappa shape index (κ1) is 30.3. The third-order valence-corrected chi connectivity index (χ3v) is 5.67. The molecule has 0 radical (unpaired) electrons. The molecule has 0 spiro atoms. The van der Waals surface area contributed by atoms with Gasteiger partial charge in [-0.3, -0.25) is 9.59 Å². The van der Waals surface area contributed by atoms with Gasteiger partial charge in [0.1, 0.15) is 6.61 Å². The van der Waals surface area contributed by atoms with Crippen LogP contribution < -0.4 is 5.32 Å². The van der Waals surface area contributed by atoms with Gasteiger partial charge >= 0.3 is 5.97 Å². The van der Waals surface area contributed by atoms with Crippen LogP contribution in [0.15, 0.2) is 42.5 Å². The Balaban J connectivity index is 1.57. The van der Waals surface area contributed by atoms with Crippen molar-refractivity contribution in [2.75, 3.05) is 27.2 Å². The zero-order chi connectivity index (χ0) is 27.0. The van der Waals surface area contributed by atoms with Gasteiger partial charge in [0.05, 0.1) is 19.1 Å². The van der Waals surface area contributed by atoms with Gasteiger partial charge in [-0.15, -0.1) is 0 Å². The van der Waals surface area contributed by atoms with E-state index in [1.165, 1.54) is 6.07 Å². The number of ether oxygens (including phenoxy) is 2. The van der Waals surface area contributed by atoms with Gasteiger partial charge in [-0.05, 0) is 38.6 Å². The molecule has 0 aliphatic carbocycles. The predicted molar refractivity (Wildman–Crippen MR) is 135 cm³/mol. The molecule has 2 aromatic rings. The lowest BCUT2D eigenvalue weighted by atomic mass is 10.1. The summed E-state index contributed by atoms with van der Waals surface area (Å²) in [7, 11) is 3.76. The molecule has 0 heterocycles. The van der Waals surface area contributed by atoms with Gasteiger partial charge in [0, 0.05) is 25.1 Å². The quantitative estimate of drug-likeness (QED) is 0.177. The van der Waals surface area contributed by atoms with E-state index in [-0.39, 0.29) is 43.1 Å². The molecule has 0 unspecified atom stereocenters. The average Bonchev–Trinajstić information content (AvgIpc) is 2.86. The number of unbranched alkanes of at least 4 members (excludes halogenated alkanes) is 4. The van der Waals surface area contributed by atoms with E-state index in [1.807, 2.05) is 49.3 Å². The summed E-state index contributed by atoms with van der Waals surface area (Å²) in [5.41, 5.74) is 0.898. The van der Waals surface area contributed by atoms with E-state index >= 15 is 0 Å². The Kier molecular flexibility index (Phi) is 13.7. The van der Waals surface area contributed by atoms with Crippen LogP contribution in [0.1, 0.15) is 56.1 Å². The van der Waals surface area contributed by atoms with E-state index in [9.17, 15) is 22.8 Å². The normalized spacial score (nSPS) is 11.9. The Labute approximate surface area is 217 Å².